The van der Waals surface area contributed by atoms with Crippen LogP contribution in [0.5, 0.6) is 0 Å². The number of hydrogen-bond acceptors (Lipinski definition) is 8. The Kier molecular flexibility index (Phi) is 74.3. The number of carbonyl (C=O) groups is 2. The molecule has 10 heteroatoms. The van der Waals surface area contributed by atoms with Crippen molar-refractivity contribution >= 4 is 19.8 Å². The van der Waals surface area contributed by atoms with E-state index in [4.69, 9.17) is 24.3 Å². The Morgan fingerprint density at radius 2 is 0.604 bits per heavy atom. The molecule has 0 saturated carbocycles. The van der Waals surface area contributed by atoms with Crippen molar-refractivity contribution in [2.75, 3.05) is 26.4 Å². The van der Waals surface area contributed by atoms with Crippen LogP contribution < -0.4 is 5.73 Å². The molecular weight excluding hydrogens is 1150 g/mol. The van der Waals surface area contributed by atoms with E-state index in [0.717, 1.165) is 70.6 Å². The molecule has 0 aliphatic rings. The fourth-order valence-electron chi connectivity index (χ4n) is 11.8. The van der Waals surface area contributed by atoms with Gasteiger partial charge < -0.3 is 20.1 Å². The van der Waals surface area contributed by atoms with Crippen molar-refractivity contribution in [2.45, 2.75) is 405 Å². The maximum absolute atomic E-state index is 12.8. The summed E-state index contributed by atoms with van der Waals surface area (Å²) in [6.07, 6.45) is 102. The van der Waals surface area contributed by atoms with Gasteiger partial charge in [-0.25, -0.2) is 4.57 Å². The zero-order valence-electron chi connectivity index (χ0n) is 60.1. The number of rotatable bonds is 75. The van der Waals surface area contributed by atoms with Crippen molar-refractivity contribution in [1.29, 1.82) is 0 Å². The van der Waals surface area contributed by atoms with Crippen LogP contribution in [0.25, 0.3) is 0 Å². The van der Waals surface area contributed by atoms with E-state index in [2.05, 4.69) is 86.8 Å². The number of ether oxygens (including phenoxy) is 2. The van der Waals surface area contributed by atoms with Crippen LogP contribution in [-0.2, 0) is 32.7 Å². The molecule has 0 rings (SSSR count). The monoisotopic (exact) mass is 1300 g/mol. The van der Waals surface area contributed by atoms with E-state index in [9.17, 15) is 19.0 Å². The largest absolute Gasteiger partial charge is 0.472 e. The first kappa shape index (κ1) is 88.5. The maximum Gasteiger partial charge on any atom is 0.472 e. The van der Waals surface area contributed by atoms with Crippen molar-refractivity contribution in [3.63, 3.8) is 0 Å². The van der Waals surface area contributed by atoms with Crippen molar-refractivity contribution in [3.05, 3.63) is 72.9 Å². The van der Waals surface area contributed by atoms with E-state index in [-0.39, 0.29) is 38.6 Å². The molecule has 0 amide bonds. The van der Waals surface area contributed by atoms with Gasteiger partial charge in [-0.3, -0.25) is 18.6 Å². The Morgan fingerprint density at radius 3 is 0.912 bits per heavy atom. The predicted molar refractivity (Wildman–Crippen MR) is 395 cm³/mol. The summed E-state index contributed by atoms with van der Waals surface area (Å²) >= 11 is 0. The number of allylic oxidation sites excluding steroid dienone is 12. The predicted octanol–water partition coefficient (Wildman–Crippen LogP) is 26.3. The zero-order valence-corrected chi connectivity index (χ0v) is 61.0. The standard InChI is InChI=1S/C81H150NO8P/c1-3-5-7-9-11-13-15-17-19-21-23-25-27-29-31-33-34-35-36-37-38-39-40-41-42-43-44-46-47-49-51-53-55-57-59-61-63-65-67-69-71-73-80(83)87-77-79(78-89-91(85,86)88-76-75-82)90-81(84)74-72-70-68-66-64-62-60-58-56-54-52-50-48-45-32-30-28-26-24-22-20-18-16-14-12-10-8-6-4-2/h6,8,12,14,18,20-21,23-24,26,30,32,79H,3-5,7,9-11,13,15-17,19,22,25,27-29,31,33-78,82H2,1-2H3,(H,85,86)/b8-6-,14-12-,20-18-,23-21-,26-24-,32-30-. The van der Waals surface area contributed by atoms with Gasteiger partial charge in [-0.05, 0) is 83.5 Å². The highest BCUT2D eigenvalue weighted by molar-refractivity contribution is 7.47. The minimum absolute atomic E-state index is 0.0531. The molecule has 0 spiro atoms. The summed E-state index contributed by atoms with van der Waals surface area (Å²) in [7, 11) is -4.40. The molecule has 91 heavy (non-hydrogen) atoms. The number of phosphoric acid groups is 1. The third-order valence-electron chi connectivity index (χ3n) is 17.6. The van der Waals surface area contributed by atoms with Gasteiger partial charge in [0.15, 0.2) is 6.10 Å². The lowest BCUT2D eigenvalue weighted by molar-refractivity contribution is -0.161. The number of esters is 2. The van der Waals surface area contributed by atoms with Crippen molar-refractivity contribution in [3.8, 4) is 0 Å². The fraction of sp³-hybridized carbons (Fsp3) is 0.827. The van der Waals surface area contributed by atoms with Gasteiger partial charge in [-0.2, -0.15) is 0 Å². The molecule has 0 aliphatic carbocycles. The van der Waals surface area contributed by atoms with Gasteiger partial charge in [0, 0.05) is 19.4 Å². The van der Waals surface area contributed by atoms with E-state index < -0.39 is 26.5 Å². The maximum atomic E-state index is 12.8. The third-order valence-corrected chi connectivity index (χ3v) is 18.6. The molecule has 3 N–H and O–H groups in total. The van der Waals surface area contributed by atoms with Crippen LogP contribution in [0.2, 0.25) is 0 Å². The number of hydrogen-bond donors (Lipinski definition) is 2. The van der Waals surface area contributed by atoms with Gasteiger partial charge >= 0.3 is 19.8 Å². The molecule has 0 aromatic heterocycles. The Labute approximate surface area is 564 Å². The van der Waals surface area contributed by atoms with Gasteiger partial charge in [0.05, 0.1) is 13.2 Å². The molecule has 0 saturated heterocycles. The molecule has 0 fully saturated rings. The molecule has 2 atom stereocenters. The highest BCUT2D eigenvalue weighted by atomic mass is 31.2. The normalized spacial score (nSPS) is 13.2. The topological polar surface area (TPSA) is 134 Å². The first-order chi connectivity index (χ1) is 44.8. The molecule has 0 radical (unpaired) electrons. The Morgan fingerprint density at radius 1 is 0.341 bits per heavy atom. The summed E-state index contributed by atoms with van der Waals surface area (Å²) in [5, 5.41) is 0. The Hall–Kier alpha value is -2.55. The van der Waals surface area contributed by atoms with Crippen LogP contribution in [0.15, 0.2) is 72.9 Å². The molecule has 9 nitrogen and oxygen atoms in total. The van der Waals surface area contributed by atoms with Crippen LogP contribution in [0.1, 0.15) is 399 Å². The van der Waals surface area contributed by atoms with E-state index in [1.807, 2.05) is 0 Å². The second-order valence-corrected chi connectivity index (χ2v) is 28.0. The second kappa shape index (κ2) is 76.5. The highest BCUT2D eigenvalue weighted by Gasteiger charge is 2.26. The third kappa shape index (κ3) is 76.4. The summed E-state index contributed by atoms with van der Waals surface area (Å²) in [5.74, 6) is -0.812. The summed E-state index contributed by atoms with van der Waals surface area (Å²) in [6, 6.07) is 0. The molecule has 0 bridgehead atoms. The highest BCUT2D eigenvalue weighted by Crippen LogP contribution is 2.43. The number of carbonyl (C=O) groups excluding carboxylic acids is 2. The molecule has 0 aromatic carbocycles. The Balaban J connectivity index is 3.75. The van der Waals surface area contributed by atoms with E-state index >= 15 is 0 Å². The summed E-state index contributed by atoms with van der Waals surface area (Å²) in [4.78, 5) is 35.4. The van der Waals surface area contributed by atoms with E-state index in [1.165, 1.54) is 295 Å². The molecule has 2 unspecified atom stereocenters. The zero-order chi connectivity index (χ0) is 65.8. The van der Waals surface area contributed by atoms with E-state index in [0.29, 0.717) is 6.42 Å². The molecule has 0 aromatic rings. The summed E-state index contributed by atoms with van der Waals surface area (Å²) < 4.78 is 33.3. The molecule has 0 heterocycles. The van der Waals surface area contributed by atoms with Crippen LogP contribution in [-0.4, -0.2) is 49.3 Å². The van der Waals surface area contributed by atoms with Gasteiger partial charge in [0.2, 0.25) is 0 Å². The van der Waals surface area contributed by atoms with Gasteiger partial charge in [-0.1, -0.05) is 376 Å². The lowest BCUT2D eigenvalue weighted by Gasteiger charge is -2.19. The smallest absolute Gasteiger partial charge is 0.462 e. The van der Waals surface area contributed by atoms with Crippen molar-refractivity contribution in [2.24, 2.45) is 5.73 Å². The van der Waals surface area contributed by atoms with Crippen molar-refractivity contribution in [1.82, 2.24) is 0 Å². The first-order valence-corrected chi connectivity index (χ1v) is 40.9. The van der Waals surface area contributed by atoms with E-state index in [1.54, 1.807) is 0 Å². The number of nitrogens with two attached hydrogens (primary N) is 1. The average Bonchev–Trinajstić information content (AvgIpc) is 3.68. The van der Waals surface area contributed by atoms with Crippen LogP contribution in [0, 0.1) is 0 Å². The quantitative estimate of drug-likeness (QED) is 0.0264. The van der Waals surface area contributed by atoms with Gasteiger partial charge in [-0.15, -0.1) is 0 Å². The lowest BCUT2D eigenvalue weighted by atomic mass is 10.0. The lowest BCUT2D eigenvalue weighted by Crippen LogP contribution is -2.29. The van der Waals surface area contributed by atoms with Crippen LogP contribution in [0.3, 0.4) is 0 Å². The Bertz CT molecular complexity index is 1720. The average molecular weight is 1300 g/mol. The van der Waals surface area contributed by atoms with Crippen LogP contribution >= 0.6 is 7.82 Å². The SMILES string of the molecule is CC/C=C\C/C=C\C/C=C\C/C=C\C/C=C\CCCCCCCCCCCCCCCC(=O)OC(COC(=O)CCCCCCCCCCCCCCCCCCCCCCCCCCCCCCC/C=C\CCCCCCCCCC)COP(=O)(O)OCCN. The molecular formula is C81H150NO8P. The second-order valence-electron chi connectivity index (χ2n) is 26.6. The van der Waals surface area contributed by atoms with Crippen molar-refractivity contribution < 1.29 is 37.6 Å². The first-order valence-electron chi connectivity index (χ1n) is 39.4. The number of unbranched alkanes of at least 4 members (excludes halogenated alkanes) is 50. The van der Waals surface area contributed by atoms with Gasteiger partial charge in [0.25, 0.3) is 0 Å². The van der Waals surface area contributed by atoms with Gasteiger partial charge in [0.1, 0.15) is 6.61 Å². The van der Waals surface area contributed by atoms with Crippen LogP contribution in [0.4, 0.5) is 0 Å². The fourth-order valence-corrected chi connectivity index (χ4v) is 12.5. The molecule has 0 aliphatic heterocycles. The minimum Gasteiger partial charge on any atom is -0.462 e. The number of phosphoric ester groups is 1. The summed E-state index contributed by atoms with van der Waals surface area (Å²) in [6.45, 7) is 3.69. The summed E-state index contributed by atoms with van der Waals surface area (Å²) in [5.41, 5.74) is 5.41. The minimum atomic E-state index is -4.40. The molecule has 532 valence electrons.